The van der Waals surface area contributed by atoms with E-state index in [1.54, 1.807) is 22.2 Å². The average molecular weight is 353 g/mol. The summed E-state index contributed by atoms with van der Waals surface area (Å²) in [5, 5.41) is 15.5. The van der Waals surface area contributed by atoms with Crippen molar-refractivity contribution in [3.05, 3.63) is 53.1 Å². The Morgan fingerprint density at radius 1 is 1.12 bits per heavy atom. The molecule has 0 amide bonds. The van der Waals surface area contributed by atoms with Crippen molar-refractivity contribution in [3.63, 3.8) is 0 Å². The van der Waals surface area contributed by atoms with Crippen molar-refractivity contribution >= 4 is 38.8 Å². The number of nitrogens with zero attached hydrogens (tertiary/aromatic N) is 5. The minimum Gasteiger partial charge on any atom is -0.274 e. The highest BCUT2D eigenvalue weighted by Gasteiger charge is 2.13. The topological polar surface area (TPSA) is 71.8 Å². The van der Waals surface area contributed by atoms with Crippen LogP contribution in [0.2, 0.25) is 5.02 Å². The number of aromatic nitrogens is 6. The van der Waals surface area contributed by atoms with Crippen molar-refractivity contribution in [3.8, 4) is 22.8 Å². The highest BCUT2D eigenvalue weighted by molar-refractivity contribution is 7.16. The van der Waals surface area contributed by atoms with E-state index in [1.165, 1.54) is 0 Å². The van der Waals surface area contributed by atoms with Gasteiger partial charge in [-0.25, -0.2) is 14.5 Å². The predicted octanol–water partition coefficient (Wildman–Crippen LogP) is 4.05. The van der Waals surface area contributed by atoms with Gasteiger partial charge < -0.3 is 0 Å². The van der Waals surface area contributed by atoms with Crippen molar-refractivity contribution in [2.24, 2.45) is 0 Å². The quantitative estimate of drug-likeness (QED) is 0.520. The Morgan fingerprint density at radius 3 is 2.88 bits per heavy atom. The number of H-pyrrole nitrogens is 1. The van der Waals surface area contributed by atoms with E-state index in [0.717, 1.165) is 32.8 Å². The van der Waals surface area contributed by atoms with E-state index in [9.17, 15) is 0 Å². The van der Waals surface area contributed by atoms with Gasteiger partial charge in [0.15, 0.2) is 11.5 Å². The zero-order valence-corrected chi connectivity index (χ0v) is 13.7. The second kappa shape index (κ2) is 5.12. The summed E-state index contributed by atoms with van der Waals surface area (Å²) in [7, 11) is 0. The lowest BCUT2D eigenvalue weighted by Gasteiger charge is -1.94. The maximum absolute atomic E-state index is 5.93. The van der Waals surface area contributed by atoms with Crippen molar-refractivity contribution < 1.29 is 0 Å². The molecule has 5 rings (SSSR count). The first kappa shape index (κ1) is 13.6. The molecule has 0 unspecified atom stereocenters. The molecule has 24 heavy (non-hydrogen) atoms. The van der Waals surface area contributed by atoms with E-state index in [1.807, 2.05) is 41.8 Å². The van der Waals surface area contributed by atoms with Gasteiger partial charge in [-0.15, -0.1) is 16.4 Å². The van der Waals surface area contributed by atoms with Crippen LogP contribution in [-0.4, -0.2) is 29.8 Å². The lowest BCUT2D eigenvalue weighted by atomic mass is 10.1. The Hall–Kier alpha value is -2.77. The first-order valence-electron chi connectivity index (χ1n) is 7.18. The molecule has 0 aliphatic heterocycles. The molecule has 0 aliphatic carbocycles. The standard InChI is InChI=1S/C16H9ClN6S/c17-10-3-1-9(2-4-10)12-7-13(21-20-12)14-19-15-11-5-6-24-16(11)18-8-23(15)22-14/h1-8H,(H,20,21). The largest absolute Gasteiger partial charge is 0.274 e. The van der Waals surface area contributed by atoms with E-state index in [0.29, 0.717) is 10.8 Å². The number of hydrogen-bond donors (Lipinski definition) is 1. The summed E-state index contributed by atoms with van der Waals surface area (Å²) in [6.45, 7) is 0. The number of benzene rings is 1. The van der Waals surface area contributed by atoms with E-state index >= 15 is 0 Å². The summed E-state index contributed by atoms with van der Waals surface area (Å²) in [5.74, 6) is 0.586. The van der Waals surface area contributed by atoms with Crippen LogP contribution in [0.4, 0.5) is 0 Å². The summed E-state index contributed by atoms with van der Waals surface area (Å²) in [6, 6.07) is 11.5. The molecule has 0 aliphatic rings. The number of aromatic amines is 1. The molecule has 5 aromatic rings. The number of rotatable bonds is 2. The van der Waals surface area contributed by atoms with Crippen LogP contribution in [0.3, 0.4) is 0 Å². The Balaban J connectivity index is 1.61. The van der Waals surface area contributed by atoms with E-state index in [-0.39, 0.29) is 0 Å². The number of hydrogen-bond acceptors (Lipinski definition) is 5. The SMILES string of the molecule is Clc1ccc(-c2cc(-c3nc4c5ccsc5ncn4n3)[nH]n2)cc1. The van der Waals surface area contributed by atoms with Crippen LogP contribution in [0.15, 0.2) is 48.1 Å². The summed E-state index contributed by atoms with van der Waals surface area (Å²) in [5.41, 5.74) is 3.35. The van der Waals surface area contributed by atoms with Gasteiger partial charge in [0, 0.05) is 10.6 Å². The zero-order chi connectivity index (χ0) is 16.1. The monoisotopic (exact) mass is 352 g/mol. The molecule has 116 valence electrons. The predicted molar refractivity (Wildman–Crippen MR) is 94.2 cm³/mol. The van der Waals surface area contributed by atoms with E-state index in [2.05, 4.69) is 25.3 Å². The third-order valence-electron chi connectivity index (χ3n) is 3.76. The lowest BCUT2D eigenvalue weighted by Crippen LogP contribution is -1.88. The third kappa shape index (κ3) is 2.10. The van der Waals surface area contributed by atoms with Gasteiger partial charge in [-0.1, -0.05) is 23.7 Å². The second-order valence-electron chi connectivity index (χ2n) is 5.26. The molecule has 0 bridgehead atoms. The minimum atomic E-state index is 0.586. The molecule has 1 N–H and O–H groups in total. The molecule has 0 fully saturated rings. The Labute approximate surface area is 144 Å². The summed E-state index contributed by atoms with van der Waals surface area (Å²) in [6.07, 6.45) is 1.68. The maximum atomic E-state index is 5.93. The van der Waals surface area contributed by atoms with Crippen molar-refractivity contribution in [1.29, 1.82) is 0 Å². The second-order valence-corrected chi connectivity index (χ2v) is 6.59. The maximum Gasteiger partial charge on any atom is 0.200 e. The highest BCUT2D eigenvalue weighted by Crippen LogP contribution is 2.26. The van der Waals surface area contributed by atoms with Gasteiger partial charge in [0.25, 0.3) is 0 Å². The van der Waals surface area contributed by atoms with Crippen molar-refractivity contribution in [2.75, 3.05) is 0 Å². The van der Waals surface area contributed by atoms with Crippen LogP contribution < -0.4 is 0 Å². The Morgan fingerprint density at radius 2 is 2.00 bits per heavy atom. The summed E-state index contributed by atoms with van der Waals surface area (Å²) < 4.78 is 1.69. The molecule has 0 atom stereocenters. The van der Waals surface area contributed by atoms with Gasteiger partial charge in [-0.2, -0.15) is 5.10 Å². The fraction of sp³-hybridized carbons (Fsp3) is 0. The number of nitrogens with one attached hydrogen (secondary N) is 1. The van der Waals surface area contributed by atoms with Gasteiger partial charge in [-0.05, 0) is 29.6 Å². The van der Waals surface area contributed by atoms with E-state index < -0.39 is 0 Å². The molecular formula is C16H9ClN6S. The number of thiophene rings is 1. The third-order valence-corrected chi connectivity index (χ3v) is 4.83. The Bertz CT molecular complexity index is 1170. The van der Waals surface area contributed by atoms with Crippen LogP contribution in [0.5, 0.6) is 0 Å². The van der Waals surface area contributed by atoms with Crippen molar-refractivity contribution in [2.45, 2.75) is 0 Å². The van der Waals surface area contributed by atoms with E-state index in [4.69, 9.17) is 11.6 Å². The molecule has 4 aromatic heterocycles. The van der Waals surface area contributed by atoms with Crippen LogP contribution >= 0.6 is 22.9 Å². The molecule has 0 saturated heterocycles. The fourth-order valence-corrected chi connectivity index (χ4v) is 3.44. The van der Waals surface area contributed by atoms with Gasteiger partial charge in [0.2, 0.25) is 0 Å². The molecular weight excluding hydrogens is 344 g/mol. The van der Waals surface area contributed by atoms with Crippen LogP contribution in [0.25, 0.3) is 38.6 Å². The molecule has 0 saturated carbocycles. The molecule has 6 nitrogen and oxygen atoms in total. The Kier molecular flexibility index (Phi) is 2.91. The van der Waals surface area contributed by atoms with Gasteiger partial charge in [-0.3, -0.25) is 5.10 Å². The number of fused-ring (bicyclic) bond motifs is 3. The van der Waals surface area contributed by atoms with Crippen LogP contribution in [0, 0.1) is 0 Å². The highest BCUT2D eigenvalue weighted by atomic mass is 35.5. The smallest absolute Gasteiger partial charge is 0.200 e. The molecule has 8 heteroatoms. The fourth-order valence-electron chi connectivity index (χ4n) is 2.58. The summed E-state index contributed by atoms with van der Waals surface area (Å²) in [4.78, 5) is 9.96. The van der Waals surface area contributed by atoms with Crippen molar-refractivity contribution in [1.82, 2.24) is 29.8 Å². The average Bonchev–Trinajstić information content (AvgIpc) is 3.32. The first-order valence-corrected chi connectivity index (χ1v) is 8.44. The van der Waals surface area contributed by atoms with Crippen LogP contribution in [-0.2, 0) is 0 Å². The van der Waals surface area contributed by atoms with Crippen LogP contribution in [0.1, 0.15) is 0 Å². The molecule has 1 aromatic carbocycles. The lowest BCUT2D eigenvalue weighted by molar-refractivity contribution is 0.935. The molecule has 4 heterocycles. The molecule has 0 radical (unpaired) electrons. The minimum absolute atomic E-state index is 0.586. The summed E-state index contributed by atoms with van der Waals surface area (Å²) >= 11 is 7.51. The molecule has 0 spiro atoms. The van der Waals surface area contributed by atoms with Gasteiger partial charge >= 0.3 is 0 Å². The first-order chi connectivity index (χ1) is 11.8. The van der Waals surface area contributed by atoms with Gasteiger partial charge in [0.1, 0.15) is 16.9 Å². The zero-order valence-electron chi connectivity index (χ0n) is 12.1. The van der Waals surface area contributed by atoms with Gasteiger partial charge in [0.05, 0.1) is 11.1 Å². The normalized spacial score (nSPS) is 11.5. The number of halogens is 1.